The number of carbonyl (C=O) groups is 3. The number of aromatic nitrogens is 1. The highest BCUT2D eigenvalue weighted by Gasteiger charge is 2.36. The van der Waals surface area contributed by atoms with E-state index >= 15 is 0 Å². The molecule has 11 nitrogen and oxygen atoms in total. The molecule has 1 aromatic carbocycles. The quantitative estimate of drug-likeness (QED) is 0.253. The number of nitrogens with zero attached hydrogens (tertiary/aromatic N) is 1. The molecule has 1 aliphatic heterocycles. The van der Waals surface area contributed by atoms with Gasteiger partial charge in [0.1, 0.15) is 18.8 Å². The molecular weight excluding hydrogens is 556 g/mol. The third-order valence-electron chi connectivity index (χ3n) is 7.60. The van der Waals surface area contributed by atoms with Crippen LogP contribution in [0.4, 0.5) is 0 Å². The van der Waals surface area contributed by atoms with E-state index in [9.17, 15) is 14.4 Å². The maximum atomic E-state index is 13.4. The first-order chi connectivity index (χ1) is 20.9. The molecule has 1 aromatic heterocycles. The lowest BCUT2D eigenvalue weighted by molar-refractivity contribution is -0.161. The Balaban J connectivity index is 1.45. The molecule has 234 valence electrons. The largest absolute Gasteiger partial charge is 0.493 e. The first kappa shape index (κ1) is 32.2. The smallest absolute Gasteiger partial charge is 0.334 e. The van der Waals surface area contributed by atoms with Crippen LogP contribution in [0.1, 0.15) is 62.0 Å². The lowest BCUT2D eigenvalue weighted by Crippen LogP contribution is -2.45. The van der Waals surface area contributed by atoms with Crippen LogP contribution in [0.25, 0.3) is 0 Å². The number of rotatable bonds is 14. The summed E-state index contributed by atoms with van der Waals surface area (Å²) in [5.41, 5.74) is 1.09. The molecule has 2 fully saturated rings. The Hall–Kier alpha value is -3.70. The Labute approximate surface area is 252 Å². The molecule has 1 saturated heterocycles. The Kier molecular flexibility index (Phi) is 12.2. The number of ether oxygens (including phenoxy) is 6. The highest BCUT2D eigenvalue weighted by molar-refractivity contribution is 5.98. The predicted octanol–water partition coefficient (Wildman–Crippen LogP) is 3.87. The fourth-order valence-corrected chi connectivity index (χ4v) is 5.15. The van der Waals surface area contributed by atoms with Gasteiger partial charge in [-0.3, -0.25) is 4.79 Å². The van der Waals surface area contributed by atoms with Crippen molar-refractivity contribution in [3.05, 3.63) is 53.9 Å². The van der Waals surface area contributed by atoms with E-state index in [-0.39, 0.29) is 35.8 Å². The van der Waals surface area contributed by atoms with E-state index in [1.165, 1.54) is 24.9 Å². The van der Waals surface area contributed by atoms with Gasteiger partial charge in [-0.1, -0.05) is 36.8 Å². The number of methoxy groups -OCH3 is 1. The van der Waals surface area contributed by atoms with Crippen LogP contribution >= 0.6 is 0 Å². The fourth-order valence-electron chi connectivity index (χ4n) is 5.15. The molecule has 4 atom stereocenters. The molecule has 43 heavy (non-hydrogen) atoms. The van der Waals surface area contributed by atoms with Gasteiger partial charge in [0.25, 0.3) is 5.91 Å². The zero-order valence-electron chi connectivity index (χ0n) is 25.1. The summed E-state index contributed by atoms with van der Waals surface area (Å²) in [7, 11) is 1.41. The number of hydrogen-bond donors (Lipinski definition) is 1. The summed E-state index contributed by atoms with van der Waals surface area (Å²) in [6.45, 7) is 3.93. The average molecular weight is 599 g/mol. The van der Waals surface area contributed by atoms with Crippen molar-refractivity contribution in [2.45, 2.75) is 70.6 Å². The lowest BCUT2D eigenvalue weighted by Gasteiger charge is -2.31. The van der Waals surface area contributed by atoms with Crippen molar-refractivity contribution >= 4 is 17.8 Å². The van der Waals surface area contributed by atoms with Crippen LogP contribution in [0.5, 0.6) is 11.5 Å². The minimum atomic E-state index is -0.903. The fraction of sp³-hybridized carbons (Fsp3) is 0.562. The van der Waals surface area contributed by atoms with Gasteiger partial charge in [-0.15, -0.1) is 0 Å². The molecule has 1 saturated carbocycles. The van der Waals surface area contributed by atoms with E-state index in [2.05, 4.69) is 22.4 Å². The van der Waals surface area contributed by atoms with Gasteiger partial charge in [-0.25, -0.2) is 14.6 Å². The normalized spacial score (nSPS) is 22.3. The van der Waals surface area contributed by atoms with E-state index < -0.39 is 36.8 Å². The molecular formula is C32H42N2O9. The SMILES string of the molecule is CCOCC(=O)OCOc1c(OC)ccnc1C(=O)NC1CCCC(Cc2ccccc2)C(OCC2CC2)C(C)OC1=O. The second-order valence-electron chi connectivity index (χ2n) is 10.9. The van der Waals surface area contributed by atoms with E-state index in [1.54, 1.807) is 6.92 Å². The van der Waals surface area contributed by atoms with E-state index in [1.807, 2.05) is 25.1 Å². The number of carbonyl (C=O) groups excluding carboxylic acids is 3. The van der Waals surface area contributed by atoms with Gasteiger partial charge < -0.3 is 33.7 Å². The second kappa shape index (κ2) is 16.2. The molecule has 1 N–H and O–H groups in total. The van der Waals surface area contributed by atoms with Crippen molar-refractivity contribution < 1.29 is 42.8 Å². The van der Waals surface area contributed by atoms with E-state index in [0.717, 1.165) is 25.7 Å². The van der Waals surface area contributed by atoms with Gasteiger partial charge in [0.15, 0.2) is 17.2 Å². The molecule has 2 aliphatic rings. The van der Waals surface area contributed by atoms with Gasteiger partial charge in [-0.2, -0.15) is 0 Å². The number of amides is 1. The summed E-state index contributed by atoms with van der Waals surface area (Å²) < 4.78 is 33.3. The molecule has 4 rings (SSSR count). The minimum Gasteiger partial charge on any atom is -0.493 e. The van der Waals surface area contributed by atoms with Crippen molar-refractivity contribution in [2.24, 2.45) is 11.8 Å². The van der Waals surface area contributed by atoms with Crippen molar-refractivity contribution in [2.75, 3.05) is 33.7 Å². The summed E-state index contributed by atoms with van der Waals surface area (Å²) in [6.07, 6.45) is 5.63. The maximum absolute atomic E-state index is 13.4. The number of hydrogen-bond acceptors (Lipinski definition) is 10. The number of pyridine rings is 1. The van der Waals surface area contributed by atoms with Crippen LogP contribution in [-0.2, 0) is 35.0 Å². The number of benzene rings is 1. The molecule has 0 bridgehead atoms. The van der Waals surface area contributed by atoms with Crippen LogP contribution < -0.4 is 14.8 Å². The molecule has 0 spiro atoms. The topological polar surface area (TPSA) is 132 Å². The summed E-state index contributed by atoms with van der Waals surface area (Å²) in [6, 6.07) is 10.9. The Morgan fingerprint density at radius 3 is 2.60 bits per heavy atom. The Morgan fingerprint density at radius 1 is 1.09 bits per heavy atom. The molecule has 2 aromatic rings. The molecule has 0 radical (unpaired) electrons. The van der Waals surface area contributed by atoms with Crippen molar-refractivity contribution in [1.82, 2.24) is 10.3 Å². The molecule has 11 heteroatoms. The van der Waals surface area contributed by atoms with Gasteiger partial charge in [0, 0.05) is 25.5 Å². The van der Waals surface area contributed by atoms with Crippen molar-refractivity contribution in [3.63, 3.8) is 0 Å². The summed E-state index contributed by atoms with van der Waals surface area (Å²) in [4.78, 5) is 42.8. The molecule has 1 amide bonds. The van der Waals surface area contributed by atoms with Crippen LogP contribution in [-0.4, -0.2) is 74.8 Å². The molecule has 2 heterocycles. The lowest BCUT2D eigenvalue weighted by atomic mass is 9.87. The van der Waals surface area contributed by atoms with Gasteiger partial charge >= 0.3 is 11.9 Å². The van der Waals surface area contributed by atoms with Gasteiger partial charge in [0.05, 0.1) is 13.2 Å². The monoisotopic (exact) mass is 598 g/mol. The summed E-state index contributed by atoms with van der Waals surface area (Å²) >= 11 is 0. The Morgan fingerprint density at radius 2 is 1.88 bits per heavy atom. The number of cyclic esters (lactones) is 1. The predicted molar refractivity (Wildman–Crippen MR) is 156 cm³/mol. The number of nitrogens with one attached hydrogen (secondary N) is 1. The maximum Gasteiger partial charge on any atom is 0.334 e. The third kappa shape index (κ3) is 9.65. The van der Waals surface area contributed by atoms with E-state index in [0.29, 0.717) is 32.0 Å². The Bertz CT molecular complexity index is 1200. The van der Waals surface area contributed by atoms with E-state index in [4.69, 9.17) is 28.4 Å². The highest BCUT2D eigenvalue weighted by atomic mass is 16.7. The second-order valence-corrected chi connectivity index (χ2v) is 10.9. The summed E-state index contributed by atoms with van der Waals surface area (Å²) in [5.74, 6) is -0.895. The third-order valence-corrected chi connectivity index (χ3v) is 7.60. The zero-order chi connectivity index (χ0) is 30.6. The highest BCUT2D eigenvalue weighted by Crippen LogP contribution is 2.33. The van der Waals surface area contributed by atoms with Crippen LogP contribution in [0.2, 0.25) is 0 Å². The molecule has 4 unspecified atom stereocenters. The van der Waals surface area contributed by atoms with Crippen LogP contribution in [0.3, 0.4) is 0 Å². The van der Waals surface area contributed by atoms with Gasteiger partial charge in [0.2, 0.25) is 6.79 Å². The van der Waals surface area contributed by atoms with Crippen molar-refractivity contribution in [3.8, 4) is 11.5 Å². The first-order valence-corrected chi connectivity index (χ1v) is 15.0. The molecule has 1 aliphatic carbocycles. The standard InChI is InChI=1S/C32H42N2O9/c1-4-39-19-27(35)41-20-42-30-26(38-3)15-16-33-28(30)31(36)34-25-12-8-11-24(17-22-9-6-5-7-10-22)29(21(2)43-32(25)37)40-18-23-13-14-23/h5-7,9-10,15-16,21,23-25,29H,4,8,11-14,17-20H2,1-3H3,(H,34,36). The van der Waals surface area contributed by atoms with Gasteiger partial charge in [-0.05, 0) is 63.4 Å². The summed E-state index contributed by atoms with van der Waals surface area (Å²) in [5, 5.41) is 2.78. The first-order valence-electron chi connectivity index (χ1n) is 15.0. The zero-order valence-corrected chi connectivity index (χ0v) is 25.1. The van der Waals surface area contributed by atoms with Crippen molar-refractivity contribution in [1.29, 1.82) is 0 Å². The van der Waals surface area contributed by atoms with Crippen LogP contribution in [0, 0.1) is 11.8 Å². The average Bonchev–Trinajstić information content (AvgIpc) is 3.83. The van der Waals surface area contributed by atoms with Crippen LogP contribution in [0.15, 0.2) is 42.6 Å². The number of esters is 2. The minimum absolute atomic E-state index is 0.0204.